The second-order valence-corrected chi connectivity index (χ2v) is 6.84. The fourth-order valence-corrected chi connectivity index (χ4v) is 3.47. The number of amides is 2. The highest BCUT2D eigenvalue weighted by Crippen LogP contribution is 2.37. The van der Waals surface area contributed by atoms with Crippen LogP contribution < -0.4 is 21.3 Å². The summed E-state index contributed by atoms with van der Waals surface area (Å²) in [6.45, 7) is 2.20. The number of para-hydroxylation sites is 2. The van der Waals surface area contributed by atoms with Gasteiger partial charge < -0.3 is 26.0 Å². The fraction of sp³-hybridized carbons (Fsp3) is 0.333. The van der Waals surface area contributed by atoms with Crippen LogP contribution in [-0.2, 0) is 14.3 Å². The van der Waals surface area contributed by atoms with Crippen LogP contribution >= 0.6 is 0 Å². The van der Waals surface area contributed by atoms with Gasteiger partial charge in [0.05, 0.1) is 29.6 Å². The number of hydrogen-bond acceptors (Lipinski definition) is 9. The number of nitrogen functional groups attached to an aromatic ring is 1. The van der Waals surface area contributed by atoms with Gasteiger partial charge in [-0.2, -0.15) is 9.97 Å². The summed E-state index contributed by atoms with van der Waals surface area (Å²) >= 11 is 0. The average molecular weight is 413 g/mol. The number of fused-ring (bicyclic) bond motifs is 1. The van der Waals surface area contributed by atoms with Crippen molar-refractivity contribution in [3.8, 4) is 0 Å². The molecule has 2 amide bonds. The first kappa shape index (κ1) is 19.5. The summed E-state index contributed by atoms with van der Waals surface area (Å²) in [6.07, 6.45) is -0.177. The van der Waals surface area contributed by atoms with E-state index in [-0.39, 0.29) is 29.4 Å². The maximum atomic E-state index is 12.9. The van der Waals surface area contributed by atoms with E-state index < -0.39 is 22.7 Å². The third-order valence-corrected chi connectivity index (χ3v) is 4.93. The molecular formula is C18H19N7O5. The molecule has 3 heterocycles. The molecule has 1 aromatic carbocycles. The maximum Gasteiger partial charge on any atom is 0.292 e. The van der Waals surface area contributed by atoms with Crippen molar-refractivity contribution >= 4 is 40.8 Å². The van der Waals surface area contributed by atoms with Crippen molar-refractivity contribution in [1.82, 2.24) is 9.97 Å². The van der Waals surface area contributed by atoms with Gasteiger partial charge in [0.1, 0.15) is 17.3 Å². The van der Waals surface area contributed by atoms with Gasteiger partial charge in [-0.05, 0) is 6.07 Å². The number of benzene rings is 1. The number of nitrogens with one attached hydrogen (secondary N) is 2. The summed E-state index contributed by atoms with van der Waals surface area (Å²) in [5.74, 6) is -1.40. The first-order valence-electron chi connectivity index (χ1n) is 9.28. The lowest BCUT2D eigenvalue weighted by molar-refractivity contribution is -0.383. The van der Waals surface area contributed by atoms with Crippen molar-refractivity contribution in [1.29, 1.82) is 0 Å². The normalized spacial score (nSPS) is 18.3. The van der Waals surface area contributed by atoms with Crippen LogP contribution in [0.4, 0.5) is 29.0 Å². The fourth-order valence-electron chi connectivity index (χ4n) is 3.47. The zero-order chi connectivity index (χ0) is 21.3. The lowest BCUT2D eigenvalue weighted by Gasteiger charge is -2.30. The molecule has 0 radical (unpaired) electrons. The number of nitrogens with zero attached hydrogens (tertiary/aromatic N) is 4. The standard InChI is InChI=1S/C18H19N7O5/c19-15-14-10(17(27)20-11-3-1-2-4-12(11)25(28)29)9-13(26)21-16(14)23-18(22-15)24-5-7-30-8-6-24/h1-4,10H,5-9H2,(H,20,27)(H3,19,21,22,23,26). The molecule has 12 nitrogen and oxygen atoms in total. The van der Waals surface area contributed by atoms with Crippen molar-refractivity contribution in [2.45, 2.75) is 12.3 Å². The lowest BCUT2D eigenvalue weighted by atomic mass is 9.91. The van der Waals surface area contributed by atoms with Gasteiger partial charge in [-0.3, -0.25) is 19.7 Å². The van der Waals surface area contributed by atoms with Crippen molar-refractivity contribution in [2.75, 3.05) is 47.6 Å². The van der Waals surface area contributed by atoms with Crippen LogP contribution in [0.5, 0.6) is 0 Å². The molecule has 0 bridgehead atoms. The van der Waals surface area contributed by atoms with Gasteiger partial charge in [-0.1, -0.05) is 12.1 Å². The third kappa shape index (κ3) is 3.72. The number of nitro groups is 1. The predicted octanol–water partition coefficient (Wildman–Crippen LogP) is 0.868. The quantitative estimate of drug-likeness (QED) is 0.487. The molecule has 1 atom stereocenters. The number of ether oxygens (including phenoxy) is 1. The minimum Gasteiger partial charge on any atom is -0.383 e. The average Bonchev–Trinajstić information content (AvgIpc) is 2.73. The minimum atomic E-state index is -0.979. The molecule has 2 aromatic rings. The lowest BCUT2D eigenvalue weighted by Crippen LogP contribution is -2.38. The highest BCUT2D eigenvalue weighted by Gasteiger charge is 2.36. The number of carbonyl (C=O) groups excluding carboxylic acids is 2. The van der Waals surface area contributed by atoms with Crippen LogP contribution in [-0.4, -0.2) is 53.0 Å². The Morgan fingerprint density at radius 3 is 2.77 bits per heavy atom. The van der Waals surface area contributed by atoms with Crippen LogP contribution in [0.1, 0.15) is 17.9 Å². The van der Waals surface area contributed by atoms with E-state index in [4.69, 9.17) is 10.5 Å². The van der Waals surface area contributed by atoms with Crippen molar-refractivity contribution < 1.29 is 19.2 Å². The van der Waals surface area contributed by atoms with E-state index in [1.165, 1.54) is 18.2 Å². The maximum absolute atomic E-state index is 12.9. The molecule has 1 aromatic heterocycles. The largest absolute Gasteiger partial charge is 0.383 e. The zero-order valence-electron chi connectivity index (χ0n) is 15.8. The Morgan fingerprint density at radius 1 is 1.30 bits per heavy atom. The van der Waals surface area contributed by atoms with E-state index in [9.17, 15) is 19.7 Å². The van der Waals surface area contributed by atoms with Crippen LogP contribution in [0, 0.1) is 10.1 Å². The number of aromatic nitrogens is 2. The highest BCUT2D eigenvalue weighted by molar-refractivity contribution is 6.06. The molecule has 0 aliphatic carbocycles. The number of anilines is 4. The van der Waals surface area contributed by atoms with E-state index in [0.29, 0.717) is 37.8 Å². The molecule has 2 aliphatic rings. The Balaban J connectivity index is 1.65. The van der Waals surface area contributed by atoms with Gasteiger partial charge in [-0.15, -0.1) is 0 Å². The van der Waals surface area contributed by atoms with Gasteiger partial charge in [0.25, 0.3) is 5.69 Å². The molecule has 0 spiro atoms. The molecule has 1 fully saturated rings. The smallest absolute Gasteiger partial charge is 0.292 e. The minimum absolute atomic E-state index is 0.0319. The SMILES string of the molecule is Nc1nc(N2CCOCC2)nc2c1C(C(=O)Nc1ccccc1[N+](=O)[O-])CC(=O)N2. The number of hydrogen-bond donors (Lipinski definition) is 3. The summed E-state index contributed by atoms with van der Waals surface area (Å²) < 4.78 is 5.31. The van der Waals surface area contributed by atoms with Gasteiger partial charge in [0.15, 0.2) is 0 Å². The van der Waals surface area contributed by atoms with Crippen LogP contribution in [0.3, 0.4) is 0 Å². The molecule has 30 heavy (non-hydrogen) atoms. The van der Waals surface area contributed by atoms with Crippen LogP contribution in [0.25, 0.3) is 0 Å². The first-order valence-corrected chi connectivity index (χ1v) is 9.28. The van der Waals surface area contributed by atoms with E-state index >= 15 is 0 Å². The van der Waals surface area contributed by atoms with Crippen molar-refractivity contribution in [3.63, 3.8) is 0 Å². The Hall–Kier alpha value is -3.80. The Labute approximate surface area is 170 Å². The van der Waals surface area contributed by atoms with Crippen molar-refractivity contribution in [3.05, 3.63) is 39.9 Å². The molecule has 1 saturated heterocycles. The van der Waals surface area contributed by atoms with E-state index in [0.717, 1.165) is 0 Å². The first-order chi connectivity index (χ1) is 14.4. The van der Waals surface area contributed by atoms with Gasteiger partial charge in [0, 0.05) is 25.6 Å². The zero-order valence-corrected chi connectivity index (χ0v) is 15.8. The summed E-state index contributed by atoms with van der Waals surface area (Å²) in [5, 5.41) is 16.4. The third-order valence-electron chi connectivity index (χ3n) is 4.93. The summed E-state index contributed by atoms with van der Waals surface area (Å²) in [5.41, 5.74) is 6.22. The monoisotopic (exact) mass is 413 g/mol. The summed E-state index contributed by atoms with van der Waals surface area (Å²) in [4.78, 5) is 46.4. The molecule has 4 rings (SSSR count). The molecule has 0 saturated carbocycles. The highest BCUT2D eigenvalue weighted by atomic mass is 16.6. The second kappa shape index (κ2) is 7.91. The number of carbonyl (C=O) groups is 2. The van der Waals surface area contributed by atoms with Gasteiger partial charge in [0.2, 0.25) is 17.8 Å². The topological polar surface area (TPSA) is 166 Å². The van der Waals surface area contributed by atoms with E-state index in [1.54, 1.807) is 6.07 Å². The Morgan fingerprint density at radius 2 is 2.03 bits per heavy atom. The van der Waals surface area contributed by atoms with E-state index in [1.807, 2.05) is 4.90 Å². The predicted molar refractivity (Wildman–Crippen MR) is 107 cm³/mol. The molecule has 1 unspecified atom stereocenters. The molecule has 156 valence electrons. The number of morpholine rings is 1. The van der Waals surface area contributed by atoms with Gasteiger partial charge >= 0.3 is 0 Å². The van der Waals surface area contributed by atoms with Crippen LogP contribution in [0.15, 0.2) is 24.3 Å². The summed E-state index contributed by atoms with van der Waals surface area (Å²) in [6, 6.07) is 5.76. The van der Waals surface area contributed by atoms with Crippen molar-refractivity contribution in [2.24, 2.45) is 0 Å². The number of rotatable bonds is 4. The molecular weight excluding hydrogens is 394 g/mol. The Kier molecular flexibility index (Phi) is 5.14. The Bertz CT molecular complexity index is 1020. The molecule has 12 heteroatoms. The van der Waals surface area contributed by atoms with E-state index in [2.05, 4.69) is 20.6 Å². The number of nitrogens with two attached hydrogens (primary N) is 1. The second-order valence-electron chi connectivity index (χ2n) is 6.84. The number of nitro benzene ring substituents is 1. The summed E-state index contributed by atoms with van der Waals surface area (Å²) in [7, 11) is 0. The molecule has 2 aliphatic heterocycles. The van der Waals surface area contributed by atoms with Gasteiger partial charge in [-0.25, -0.2) is 0 Å². The van der Waals surface area contributed by atoms with Crippen LogP contribution in [0.2, 0.25) is 0 Å². The molecule has 4 N–H and O–H groups in total.